The van der Waals surface area contributed by atoms with Gasteiger partial charge in [-0.2, -0.15) is 0 Å². The summed E-state index contributed by atoms with van der Waals surface area (Å²) in [6.07, 6.45) is 1.95. The molecule has 0 amide bonds. The van der Waals surface area contributed by atoms with Gasteiger partial charge in [0.2, 0.25) is 5.16 Å². The molecule has 1 saturated heterocycles. The Balaban J connectivity index is 1.66. The van der Waals surface area contributed by atoms with Crippen molar-refractivity contribution in [3.63, 3.8) is 0 Å². The normalized spacial score (nSPS) is 16.9. The zero-order chi connectivity index (χ0) is 13.1. The molecule has 3 heterocycles. The van der Waals surface area contributed by atoms with Crippen molar-refractivity contribution in [2.45, 2.75) is 29.8 Å². The number of ether oxygens (including phenoxy) is 1. The van der Waals surface area contributed by atoms with Crippen molar-refractivity contribution in [3.8, 4) is 0 Å². The van der Waals surface area contributed by atoms with Crippen LogP contribution < -0.4 is 0 Å². The lowest BCUT2D eigenvalue weighted by molar-refractivity contribution is 0.0631. The van der Waals surface area contributed by atoms with Crippen LogP contribution in [0, 0.1) is 0 Å². The van der Waals surface area contributed by atoms with Crippen molar-refractivity contribution in [1.29, 1.82) is 0 Å². The van der Waals surface area contributed by atoms with Crippen LogP contribution in [0.5, 0.6) is 0 Å². The molecule has 0 saturated carbocycles. The molecule has 1 fully saturated rings. The lowest BCUT2D eigenvalue weighted by atomic mass is 10.1. The minimum Gasteiger partial charge on any atom is -0.381 e. The number of aromatic nitrogens is 4. The molecule has 102 valence electrons. The van der Waals surface area contributed by atoms with Crippen LogP contribution in [-0.4, -0.2) is 33.4 Å². The summed E-state index contributed by atoms with van der Waals surface area (Å²) in [6.45, 7) is 1.57. The van der Waals surface area contributed by atoms with Crippen molar-refractivity contribution in [2.75, 3.05) is 13.2 Å². The van der Waals surface area contributed by atoms with E-state index in [1.807, 2.05) is 16.8 Å². The summed E-state index contributed by atoms with van der Waals surface area (Å²) >= 11 is 9.17. The Bertz CT molecular complexity index is 538. The van der Waals surface area contributed by atoms with Gasteiger partial charge in [-0.3, -0.25) is 0 Å². The molecule has 0 unspecified atom stereocenters. The third-order valence-electron chi connectivity index (χ3n) is 2.97. The van der Waals surface area contributed by atoms with E-state index in [1.165, 1.54) is 4.88 Å². The summed E-state index contributed by atoms with van der Waals surface area (Å²) in [7, 11) is 0. The minimum atomic E-state index is 0.359. The number of hydrogen-bond acceptors (Lipinski definition) is 6. The summed E-state index contributed by atoms with van der Waals surface area (Å²) < 4.78 is 8.12. The Kier molecular flexibility index (Phi) is 4.37. The summed E-state index contributed by atoms with van der Waals surface area (Å²) in [5.41, 5.74) is 0. The van der Waals surface area contributed by atoms with Crippen molar-refractivity contribution in [3.05, 3.63) is 21.3 Å². The van der Waals surface area contributed by atoms with E-state index in [-0.39, 0.29) is 0 Å². The van der Waals surface area contributed by atoms with E-state index in [0.717, 1.165) is 41.3 Å². The van der Waals surface area contributed by atoms with Gasteiger partial charge in [-0.05, 0) is 35.4 Å². The van der Waals surface area contributed by atoms with Gasteiger partial charge in [0.15, 0.2) is 0 Å². The first kappa shape index (κ1) is 13.4. The monoisotopic (exact) mass is 316 g/mol. The first-order valence-electron chi connectivity index (χ1n) is 6.05. The molecule has 2 aromatic heterocycles. The van der Waals surface area contributed by atoms with E-state index in [9.17, 15) is 0 Å². The van der Waals surface area contributed by atoms with Gasteiger partial charge in [0.1, 0.15) is 0 Å². The second-order valence-electron chi connectivity index (χ2n) is 4.24. The number of thiophene rings is 1. The van der Waals surface area contributed by atoms with Crippen LogP contribution >= 0.6 is 34.7 Å². The molecule has 0 radical (unpaired) electrons. The highest BCUT2D eigenvalue weighted by Crippen LogP contribution is 2.30. The summed E-state index contributed by atoms with van der Waals surface area (Å²) in [5.74, 6) is 0.848. The van der Waals surface area contributed by atoms with Crippen LogP contribution in [0.4, 0.5) is 0 Å². The highest BCUT2D eigenvalue weighted by atomic mass is 35.5. The van der Waals surface area contributed by atoms with Gasteiger partial charge in [-0.15, -0.1) is 16.4 Å². The molecule has 0 atom stereocenters. The molecule has 1 aliphatic heterocycles. The van der Waals surface area contributed by atoms with Crippen molar-refractivity contribution in [2.24, 2.45) is 0 Å². The van der Waals surface area contributed by atoms with Gasteiger partial charge >= 0.3 is 0 Å². The Morgan fingerprint density at radius 1 is 1.42 bits per heavy atom. The molecule has 0 aliphatic carbocycles. The molecule has 0 aromatic carbocycles. The largest absolute Gasteiger partial charge is 0.381 e. The molecule has 8 heteroatoms. The predicted octanol–water partition coefficient (Wildman–Crippen LogP) is 3.03. The quantitative estimate of drug-likeness (QED) is 0.812. The smallest absolute Gasteiger partial charge is 0.209 e. The maximum absolute atomic E-state index is 5.92. The Hall–Kier alpha value is -0.630. The van der Waals surface area contributed by atoms with Gasteiger partial charge in [0.25, 0.3) is 0 Å². The molecule has 0 N–H and O–H groups in total. The Morgan fingerprint density at radius 2 is 2.26 bits per heavy atom. The maximum atomic E-state index is 5.92. The predicted molar refractivity (Wildman–Crippen MR) is 75.8 cm³/mol. The van der Waals surface area contributed by atoms with Gasteiger partial charge in [-0.25, -0.2) is 4.68 Å². The third kappa shape index (κ3) is 3.28. The van der Waals surface area contributed by atoms with Crippen LogP contribution in [-0.2, 0) is 10.5 Å². The topological polar surface area (TPSA) is 52.8 Å². The number of nitrogens with zero attached hydrogens (tertiary/aromatic N) is 4. The first-order chi connectivity index (χ1) is 9.33. The number of halogens is 1. The lowest BCUT2D eigenvalue weighted by Crippen LogP contribution is -2.21. The minimum absolute atomic E-state index is 0.359. The van der Waals surface area contributed by atoms with Gasteiger partial charge < -0.3 is 4.74 Å². The molecular formula is C11H13ClN4OS2. The Labute approximate surface area is 124 Å². The van der Waals surface area contributed by atoms with Gasteiger partial charge in [0.05, 0.1) is 10.4 Å². The fraction of sp³-hybridized carbons (Fsp3) is 0.545. The van der Waals surface area contributed by atoms with Gasteiger partial charge in [0, 0.05) is 23.8 Å². The summed E-state index contributed by atoms with van der Waals surface area (Å²) in [5, 5.41) is 12.9. The van der Waals surface area contributed by atoms with Crippen molar-refractivity contribution >= 4 is 34.7 Å². The summed E-state index contributed by atoms with van der Waals surface area (Å²) in [4.78, 5) is 1.23. The molecule has 19 heavy (non-hydrogen) atoms. The standard InChI is InChI=1S/C11H13ClN4OS2/c12-10-2-1-9(19-10)7-18-11-13-14-15-16(11)8-3-5-17-6-4-8/h1-2,8H,3-7H2. The van der Waals surface area contributed by atoms with E-state index in [2.05, 4.69) is 15.5 Å². The lowest BCUT2D eigenvalue weighted by Gasteiger charge is -2.22. The molecular weight excluding hydrogens is 304 g/mol. The van der Waals surface area contributed by atoms with Crippen LogP contribution in [0.15, 0.2) is 17.3 Å². The fourth-order valence-electron chi connectivity index (χ4n) is 2.00. The highest BCUT2D eigenvalue weighted by molar-refractivity contribution is 7.98. The van der Waals surface area contributed by atoms with Crippen LogP contribution in [0.1, 0.15) is 23.8 Å². The van der Waals surface area contributed by atoms with E-state index >= 15 is 0 Å². The molecule has 0 bridgehead atoms. The first-order valence-corrected chi connectivity index (χ1v) is 8.23. The molecule has 2 aromatic rings. The number of thioether (sulfide) groups is 1. The SMILES string of the molecule is Clc1ccc(CSc2nnnn2C2CCOCC2)s1. The van der Waals surface area contributed by atoms with E-state index in [0.29, 0.717) is 6.04 Å². The van der Waals surface area contributed by atoms with Crippen molar-refractivity contribution in [1.82, 2.24) is 20.2 Å². The average Bonchev–Trinajstić information content (AvgIpc) is 3.06. The zero-order valence-electron chi connectivity index (χ0n) is 10.2. The second kappa shape index (κ2) is 6.21. The van der Waals surface area contributed by atoms with Crippen molar-refractivity contribution < 1.29 is 4.74 Å². The Morgan fingerprint density at radius 3 is 3.00 bits per heavy atom. The number of rotatable bonds is 4. The fourth-order valence-corrected chi connectivity index (χ4v) is 4.08. The highest BCUT2D eigenvalue weighted by Gasteiger charge is 2.20. The average molecular weight is 317 g/mol. The van der Waals surface area contributed by atoms with E-state index in [4.69, 9.17) is 16.3 Å². The molecule has 1 aliphatic rings. The van der Waals surface area contributed by atoms with Gasteiger partial charge in [-0.1, -0.05) is 23.4 Å². The van der Waals surface area contributed by atoms with Crippen LogP contribution in [0.3, 0.4) is 0 Å². The molecule has 3 rings (SSSR count). The molecule has 0 spiro atoms. The second-order valence-corrected chi connectivity index (χ2v) is 6.99. The molecule has 5 nitrogen and oxygen atoms in total. The van der Waals surface area contributed by atoms with E-state index < -0.39 is 0 Å². The zero-order valence-corrected chi connectivity index (χ0v) is 12.5. The third-order valence-corrected chi connectivity index (χ3v) is 5.37. The number of tetrazole rings is 1. The summed E-state index contributed by atoms with van der Waals surface area (Å²) in [6, 6.07) is 4.32. The van der Waals surface area contributed by atoms with Crippen LogP contribution in [0.2, 0.25) is 4.34 Å². The van der Waals surface area contributed by atoms with E-state index in [1.54, 1.807) is 23.1 Å². The number of hydrogen-bond donors (Lipinski definition) is 0. The van der Waals surface area contributed by atoms with Crippen LogP contribution in [0.25, 0.3) is 0 Å². The maximum Gasteiger partial charge on any atom is 0.209 e.